The first-order valence-corrected chi connectivity index (χ1v) is 7.34. The predicted octanol–water partition coefficient (Wildman–Crippen LogP) is 2.88. The van der Waals surface area contributed by atoms with Crippen molar-refractivity contribution in [2.45, 2.75) is 18.9 Å². The number of benzene rings is 1. The number of hydrogen-bond acceptors (Lipinski definition) is 3. The molecule has 0 bridgehead atoms. The number of pyridine rings is 1. The SMILES string of the molecule is O=C(Nc1ccccc1C(=O)NC1CC1)c1ccnc(Cl)c1. The summed E-state index contributed by atoms with van der Waals surface area (Å²) >= 11 is 5.78. The Balaban J connectivity index is 1.79. The first-order valence-electron chi connectivity index (χ1n) is 6.96. The first-order chi connectivity index (χ1) is 10.6. The molecule has 112 valence electrons. The maximum absolute atomic E-state index is 12.2. The van der Waals surface area contributed by atoms with E-state index in [1.54, 1.807) is 30.3 Å². The molecule has 0 saturated heterocycles. The zero-order chi connectivity index (χ0) is 15.5. The van der Waals surface area contributed by atoms with Crippen molar-refractivity contribution < 1.29 is 9.59 Å². The number of amides is 2. The normalized spacial score (nSPS) is 13.5. The molecular weight excluding hydrogens is 302 g/mol. The Morgan fingerprint density at radius 1 is 1.14 bits per heavy atom. The van der Waals surface area contributed by atoms with Gasteiger partial charge < -0.3 is 10.6 Å². The van der Waals surface area contributed by atoms with Gasteiger partial charge >= 0.3 is 0 Å². The Hall–Kier alpha value is -2.40. The van der Waals surface area contributed by atoms with Crippen LogP contribution in [0.3, 0.4) is 0 Å². The molecule has 2 amide bonds. The molecule has 1 saturated carbocycles. The summed E-state index contributed by atoms with van der Waals surface area (Å²) in [5.41, 5.74) is 1.30. The zero-order valence-electron chi connectivity index (χ0n) is 11.7. The van der Waals surface area contributed by atoms with Gasteiger partial charge in [-0.25, -0.2) is 4.98 Å². The zero-order valence-corrected chi connectivity index (χ0v) is 12.4. The van der Waals surface area contributed by atoms with Gasteiger partial charge in [0.15, 0.2) is 0 Å². The van der Waals surface area contributed by atoms with Gasteiger partial charge in [0.1, 0.15) is 5.15 Å². The molecule has 0 spiro atoms. The van der Waals surface area contributed by atoms with E-state index in [-0.39, 0.29) is 23.0 Å². The van der Waals surface area contributed by atoms with Crippen LogP contribution in [0.5, 0.6) is 0 Å². The van der Waals surface area contributed by atoms with E-state index in [0.29, 0.717) is 16.8 Å². The second-order valence-corrected chi connectivity index (χ2v) is 5.50. The van der Waals surface area contributed by atoms with Crippen molar-refractivity contribution >= 4 is 29.1 Å². The van der Waals surface area contributed by atoms with Crippen LogP contribution >= 0.6 is 11.6 Å². The van der Waals surface area contributed by atoms with Crippen LogP contribution in [-0.2, 0) is 0 Å². The highest BCUT2D eigenvalue weighted by Gasteiger charge is 2.25. The van der Waals surface area contributed by atoms with E-state index >= 15 is 0 Å². The molecule has 1 aromatic carbocycles. The molecule has 1 aromatic heterocycles. The summed E-state index contributed by atoms with van der Waals surface area (Å²) in [7, 11) is 0. The van der Waals surface area contributed by atoms with Crippen LogP contribution in [0.25, 0.3) is 0 Å². The lowest BCUT2D eigenvalue weighted by Crippen LogP contribution is -2.27. The molecule has 0 aliphatic heterocycles. The van der Waals surface area contributed by atoms with E-state index in [2.05, 4.69) is 15.6 Å². The molecule has 1 aliphatic rings. The fourth-order valence-corrected chi connectivity index (χ4v) is 2.19. The molecule has 1 heterocycles. The average molecular weight is 316 g/mol. The van der Waals surface area contributed by atoms with Gasteiger partial charge in [0.05, 0.1) is 11.3 Å². The number of halogens is 1. The number of anilines is 1. The van der Waals surface area contributed by atoms with Gasteiger partial charge in [-0.05, 0) is 37.1 Å². The largest absolute Gasteiger partial charge is 0.349 e. The minimum Gasteiger partial charge on any atom is -0.349 e. The third-order valence-corrected chi connectivity index (χ3v) is 3.53. The molecule has 2 N–H and O–H groups in total. The monoisotopic (exact) mass is 315 g/mol. The van der Waals surface area contributed by atoms with Crippen LogP contribution in [0.4, 0.5) is 5.69 Å². The van der Waals surface area contributed by atoms with Gasteiger partial charge in [-0.2, -0.15) is 0 Å². The molecule has 3 rings (SSSR count). The minimum atomic E-state index is -0.337. The topological polar surface area (TPSA) is 71.1 Å². The summed E-state index contributed by atoms with van der Waals surface area (Å²) in [6, 6.07) is 10.2. The highest BCUT2D eigenvalue weighted by atomic mass is 35.5. The van der Waals surface area contributed by atoms with Gasteiger partial charge in [-0.15, -0.1) is 0 Å². The summed E-state index contributed by atoms with van der Waals surface area (Å²) in [6.07, 6.45) is 3.48. The van der Waals surface area contributed by atoms with Gasteiger partial charge in [-0.1, -0.05) is 23.7 Å². The van der Waals surface area contributed by atoms with Crippen molar-refractivity contribution in [1.29, 1.82) is 0 Å². The van der Waals surface area contributed by atoms with Crippen molar-refractivity contribution in [3.63, 3.8) is 0 Å². The van der Waals surface area contributed by atoms with E-state index in [9.17, 15) is 9.59 Å². The quantitative estimate of drug-likeness (QED) is 0.852. The first kappa shape index (κ1) is 14.5. The van der Waals surface area contributed by atoms with Gasteiger partial charge in [-0.3, -0.25) is 9.59 Å². The number of carbonyl (C=O) groups excluding carboxylic acids is 2. The van der Waals surface area contributed by atoms with Crippen LogP contribution in [-0.4, -0.2) is 22.8 Å². The third kappa shape index (κ3) is 3.43. The number of nitrogens with one attached hydrogen (secondary N) is 2. The Bertz CT molecular complexity index is 729. The smallest absolute Gasteiger partial charge is 0.255 e. The third-order valence-electron chi connectivity index (χ3n) is 3.32. The Labute approximate surface area is 132 Å². The standard InChI is InChI=1S/C16H14ClN3O2/c17-14-9-10(7-8-18-14)15(21)20-13-4-2-1-3-12(13)16(22)19-11-5-6-11/h1-4,7-9,11H,5-6H2,(H,19,22)(H,20,21). The summed E-state index contributed by atoms with van der Waals surface area (Å²) < 4.78 is 0. The molecule has 2 aromatic rings. The van der Waals surface area contributed by atoms with E-state index < -0.39 is 0 Å². The molecule has 5 nitrogen and oxygen atoms in total. The number of rotatable bonds is 4. The van der Waals surface area contributed by atoms with Gasteiger partial charge in [0.25, 0.3) is 11.8 Å². The average Bonchev–Trinajstić information content (AvgIpc) is 3.31. The van der Waals surface area contributed by atoms with E-state index in [0.717, 1.165) is 12.8 Å². The number of carbonyl (C=O) groups is 2. The van der Waals surface area contributed by atoms with Gasteiger partial charge in [0, 0.05) is 17.8 Å². The fraction of sp³-hybridized carbons (Fsp3) is 0.188. The summed E-state index contributed by atoms with van der Waals surface area (Å²) in [4.78, 5) is 28.3. The summed E-state index contributed by atoms with van der Waals surface area (Å²) in [5.74, 6) is -0.512. The van der Waals surface area contributed by atoms with Crippen molar-refractivity contribution in [2.24, 2.45) is 0 Å². The Kier molecular flexibility index (Phi) is 4.06. The number of hydrogen-bond donors (Lipinski definition) is 2. The van der Waals surface area contributed by atoms with E-state index in [4.69, 9.17) is 11.6 Å². The maximum Gasteiger partial charge on any atom is 0.255 e. The highest BCUT2D eigenvalue weighted by Crippen LogP contribution is 2.22. The number of aromatic nitrogens is 1. The maximum atomic E-state index is 12.2. The lowest BCUT2D eigenvalue weighted by atomic mass is 10.1. The van der Waals surface area contributed by atoms with Gasteiger partial charge in [0.2, 0.25) is 0 Å². The predicted molar refractivity (Wildman–Crippen MR) is 84.1 cm³/mol. The molecule has 0 unspecified atom stereocenters. The van der Waals surface area contributed by atoms with E-state index in [1.165, 1.54) is 12.3 Å². The van der Waals surface area contributed by atoms with Crippen molar-refractivity contribution in [1.82, 2.24) is 10.3 Å². The van der Waals surface area contributed by atoms with Crippen LogP contribution in [0.15, 0.2) is 42.6 Å². The molecule has 6 heteroatoms. The molecule has 22 heavy (non-hydrogen) atoms. The van der Waals surface area contributed by atoms with Crippen LogP contribution in [0.2, 0.25) is 5.15 Å². The lowest BCUT2D eigenvalue weighted by molar-refractivity contribution is 0.0952. The van der Waals surface area contributed by atoms with Crippen LogP contribution in [0.1, 0.15) is 33.6 Å². The second kappa shape index (κ2) is 6.15. The number of nitrogens with zero attached hydrogens (tertiary/aromatic N) is 1. The lowest BCUT2D eigenvalue weighted by Gasteiger charge is -2.11. The van der Waals surface area contributed by atoms with Crippen LogP contribution < -0.4 is 10.6 Å². The Morgan fingerprint density at radius 3 is 2.64 bits per heavy atom. The molecule has 0 atom stereocenters. The second-order valence-electron chi connectivity index (χ2n) is 5.11. The van der Waals surface area contributed by atoms with Crippen molar-refractivity contribution in [2.75, 3.05) is 5.32 Å². The molecular formula is C16H14ClN3O2. The fourth-order valence-electron chi connectivity index (χ4n) is 2.02. The Morgan fingerprint density at radius 2 is 1.91 bits per heavy atom. The molecule has 1 aliphatic carbocycles. The van der Waals surface area contributed by atoms with Crippen LogP contribution in [0, 0.1) is 0 Å². The summed E-state index contributed by atoms with van der Waals surface area (Å²) in [6.45, 7) is 0. The van der Waals surface area contributed by atoms with Crippen molar-refractivity contribution in [3.8, 4) is 0 Å². The van der Waals surface area contributed by atoms with E-state index in [1.807, 2.05) is 0 Å². The minimum absolute atomic E-state index is 0.175. The molecule has 0 radical (unpaired) electrons. The highest BCUT2D eigenvalue weighted by molar-refractivity contribution is 6.29. The molecule has 1 fully saturated rings. The van der Waals surface area contributed by atoms with Crippen molar-refractivity contribution in [3.05, 3.63) is 58.9 Å². The summed E-state index contributed by atoms with van der Waals surface area (Å²) in [5, 5.41) is 5.90. The number of para-hydroxylation sites is 1.